The third kappa shape index (κ3) is 7.44. The molecule has 0 aliphatic heterocycles. The third-order valence-electron chi connectivity index (χ3n) is 7.68. The van der Waals surface area contributed by atoms with Gasteiger partial charge in [-0.25, -0.2) is 0 Å². The molecule has 3 aliphatic rings. The molecular weight excluding hydrogens is 398 g/mol. The lowest BCUT2D eigenvalue weighted by Crippen LogP contribution is -2.48. The average molecular weight is 438 g/mol. The smallest absolute Gasteiger partial charge is 0.240 e. The Labute approximate surface area is 185 Å². The molecule has 3 saturated carbocycles. The molecule has 1 unspecified atom stereocenters. The van der Waals surface area contributed by atoms with Crippen LogP contribution in [0.5, 0.6) is 0 Å². The Morgan fingerprint density at radius 2 is 1.58 bits per heavy atom. The van der Waals surface area contributed by atoms with Gasteiger partial charge >= 0.3 is 0 Å². The van der Waals surface area contributed by atoms with Gasteiger partial charge in [-0.2, -0.15) is 0 Å². The molecule has 0 aromatic carbocycles. The van der Waals surface area contributed by atoms with Gasteiger partial charge in [-0.3, -0.25) is 19.7 Å². The summed E-state index contributed by atoms with van der Waals surface area (Å²) in [6.45, 7) is 0.664. The Balaban J connectivity index is 1.35. The summed E-state index contributed by atoms with van der Waals surface area (Å²) in [5.74, 6) is 0.340. The van der Waals surface area contributed by atoms with Crippen LogP contribution in [0.15, 0.2) is 0 Å². The standard InChI is InChI=1S/C23H39N3O5/c24-22(27)21(14-16-4-2-1-3-5-16)25-23(28)18-8-12-20(13-9-18)31-15-17-6-10-19(11-7-17)26(29)30/h16-21H,1-15H2,(H2,24,27)(H,25,28). The number of primary amides is 1. The minimum Gasteiger partial charge on any atom is -0.378 e. The zero-order valence-corrected chi connectivity index (χ0v) is 18.6. The molecule has 3 N–H and O–H groups in total. The predicted molar refractivity (Wildman–Crippen MR) is 117 cm³/mol. The molecule has 8 heteroatoms. The lowest BCUT2D eigenvalue weighted by molar-refractivity contribution is -0.527. The highest BCUT2D eigenvalue weighted by molar-refractivity contribution is 5.87. The lowest BCUT2D eigenvalue weighted by atomic mass is 9.83. The van der Waals surface area contributed by atoms with Crippen LogP contribution in [0.1, 0.15) is 89.9 Å². The van der Waals surface area contributed by atoms with E-state index in [0.717, 1.165) is 51.4 Å². The molecule has 0 saturated heterocycles. The number of carbonyl (C=O) groups excluding carboxylic acids is 2. The van der Waals surface area contributed by atoms with Gasteiger partial charge in [-0.1, -0.05) is 32.1 Å². The molecule has 3 aliphatic carbocycles. The van der Waals surface area contributed by atoms with Crippen LogP contribution in [0, 0.1) is 27.9 Å². The maximum atomic E-state index is 12.7. The van der Waals surface area contributed by atoms with Crippen LogP contribution in [-0.2, 0) is 14.3 Å². The van der Waals surface area contributed by atoms with Crippen molar-refractivity contribution in [1.82, 2.24) is 5.32 Å². The van der Waals surface area contributed by atoms with E-state index in [9.17, 15) is 19.7 Å². The second kappa shape index (κ2) is 11.8. The van der Waals surface area contributed by atoms with Crippen molar-refractivity contribution in [3.63, 3.8) is 0 Å². The average Bonchev–Trinajstić information content (AvgIpc) is 2.78. The Morgan fingerprint density at radius 1 is 0.935 bits per heavy atom. The van der Waals surface area contributed by atoms with Crippen LogP contribution < -0.4 is 11.1 Å². The summed E-state index contributed by atoms with van der Waals surface area (Å²) in [7, 11) is 0. The molecule has 31 heavy (non-hydrogen) atoms. The number of nitro groups is 1. The van der Waals surface area contributed by atoms with Crippen LogP contribution in [0.2, 0.25) is 0 Å². The van der Waals surface area contributed by atoms with Crippen molar-refractivity contribution in [2.24, 2.45) is 23.5 Å². The van der Waals surface area contributed by atoms with Crippen molar-refractivity contribution in [2.45, 2.75) is 108 Å². The number of carbonyl (C=O) groups is 2. The Hall–Kier alpha value is -1.70. The number of nitrogens with two attached hydrogens (primary N) is 1. The minimum absolute atomic E-state index is 0.0452. The molecule has 0 bridgehead atoms. The molecule has 1 atom stereocenters. The highest BCUT2D eigenvalue weighted by Gasteiger charge is 2.32. The van der Waals surface area contributed by atoms with E-state index in [1.54, 1.807) is 0 Å². The summed E-state index contributed by atoms with van der Waals surface area (Å²) in [5.41, 5.74) is 5.58. The van der Waals surface area contributed by atoms with Gasteiger partial charge in [0.05, 0.1) is 6.10 Å². The number of hydrogen-bond donors (Lipinski definition) is 2. The molecule has 2 amide bonds. The number of rotatable bonds is 9. The van der Waals surface area contributed by atoms with Gasteiger partial charge in [0.2, 0.25) is 17.9 Å². The first kappa shape index (κ1) is 24.0. The third-order valence-corrected chi connectivity index (χ3v) is 7.68. The van der Waals surface area contributed by atoms with E-state index < -0.39 is 11.9 Å². The first-order chi connectivity index (χ1) is 14.9. The maximum Gasteiger partial charge on any atom is 0.240 e. The number of nitrogens with one attached hydrogen (secondary N) is 1. The molecule has 3 rings (SSSR count). The summed E-state index contributed by atoms with van der Waals surface area (Å²) >= 11 is 0. The fraction of sp³-hybridized carbons (Fsp3) is 0.913. The van der Waals surface area contributed by atoms with Gasteiger partial charge in [-0.05, 0) is 56.8 Å². The number of ether oxygens (including phenoxy) is 1. The molecule has 176 valence electrons. The Morgan fingerprint density at radius 3 is 2.16 bits per heavy atom. The van der Waals surface area contributed by atoms with Gasteiger partial charge in [0.1, 0.15) is 6.04 Å². The van der Waals surface area contributed by atoms with Crippen LogP contribution in [0.3, 0.4) is 0 Å². The quantitative estimate of drug-likeness (QED) is 0.423. The number of hydrogen-bond acceptors (Lipinski definition) is 5. The zero-order chi connectivity index (χ0) is 22.2. The van der Waals surface area contributed by atoms with E-state index in [0.29, 0.717) is 37.7 Å². The molecule has 0 radical (unpaired) electrons. The van der Waals surface area contributed by atoms with Crippen LogP contribution in [-0.4, -0.2) is 41.5 Å². The normalized spacial score (nSPS) is 31.0. The van der Waals surface area contributed by atoms with Crippen molar-refractivity contribution in [3.05, 3.63) is 10.1 Å². The lowest BCUT2D eigenvalue weighted by Gasteiger charge is -2.31. The summed E-state index contributed by atoms with van der Waals surface area (Å²) in [6, 6.07) is -0.939. The fourth-order valence-electron chi connectivity index (χ4n) is 5.58. The highest BCUT2D eigenvalue weighted by Crippen LogP contribution is 2.31. The van der Waals surface area contributed by atoms with E-state index in [-0.39, 0.29) is 28.9 Å². The van der Waals surface area contributed by atoms with Crippen molar-refractivity contribution < 1.29 is 19.2 Å². The zero-order valence-electron chi connectivity index (χ0n) is 18.6. The van der Waals surface area contributed by atoms with Gasteiger partial charge in [-0.15, -0.1) is 0 Å². The Kier molecular flexibility index (Phi) is 9.11. The number of amides is 2. The van der Waals surface area contributed by atoms with Gasteiger partial charge in [0.25, 0.3) is 0 Å². The van der Waals surface area contributed by atoms with Crippen molar-refractivity contribution in [3.8, 4) is 0 Å². The topological polar surface area (TPSA) is 125 Å². The first-order valence-electron chi connectivity index (χ1n) is 12.3. The van der Waals surface area contributed by atoms with Crippen molar-refractivity contribution in [1.29, 1.82) is 0 Å². The van der Waals surface area contributed by atoms with Gasteiger partial charge in [0, 0.05) is 30.3 Å². The molecule has 8 nitrogen and oxygen atoms in total. The summed E-state index contributed by atoms with van der Waals surface area (Å²) < 4.78 is 6.09. The van der Waals surface area contributed by atoms with Crippen LogP contribution in [0.4, 0.5) is 0 Å². The van der Waals surface area contributed by atoms with E-state index in [4.69, 9.17) is 10.5 Å². The first-order valence-corrected chi connectivity index (χ1v) is 12.3. The molecule has 3 fully saturated rings. The van der Waals surface area contributed by atoms with E-state index >= 15 is 0 Å². The predicted octanol–water partition coefficient (Wildman–Crippen LogP) is 3.34. The summed E-state index contributed by atoms with van der Waals surface area (Å²) in [6.07, 6.45) is 12.9. The van der Waals surface area contributed by atoms with E-state index in [1.165, 1.54) is 19.3 Å². The molecule has 0 heterocycles. The molecule has 0 aromatic rings. The highest BCUT2D eigenvalue weighted by atomic mass is 16.6. The monoisotopic (exact) mass is 437 g/mol. The van der Waals surface area contributed by atoms with Gasteiger partial charge < -0.3 is 15.8 Å². The van der Waals surface area contributed by atoms with Crippen molar-refractivity contribution >= 4 is 11.8 Å². The minimum atomic E-state index is -0.557. The second-order valence-corrected chi connectivity index (χ2v) is 9.97. The van der Waals surface area contributed by atoms with Crippen LogP contribution >= 0.6 is 0 Å². The van der Waals surface area contributed by atoms with E-state index in [2.05, 4.69) is 5.32 Å². The van der Waals surface area contributed by atoms with Gasteiger partial charge in [0.15, 0.2) is 0 Å². The SMILES string of the molecule is NC(=O)C(CC1CCCCC1)NC(=O)C1CCC(OCC2CCC([N+](=O)[O-])CC2)CC1. The molecule has 0 aromatic heterocycles. The number of nitrogens with zero attached hydrogens (tertiary/aromatic N) is 1. The molecular formula is C23H39N3O5. The Bertz CT molecular complexity index is 606. The summed E-state index contributed by atoms with van der Waals surface area (Å²) in [5, 5.41) is 13.8. The fourth-order valence-corrected chi connectivity index (χ4v) is 5.58. The van der Waals surface area contributed by atoms with E-state index in [1.807, 2.05) is 0 Å². The van der Waals surface area contributed by atoms with Crippen LogP contribution in [0.25, 0.3) is 0 Å². The second-order valence-electron chi connectivity index (χ2n) is 9.97. The summed E-state index contributed by atoms with van der Waals surface area (Å²) in [4.78, 5) is 35.3. The maximum absolute atomic E-state index is 12.7. The largest absolute Gasteiger partial charge is 0.378 e. The van der Waals surface area contributed by atoms with Crippen molar-refractivity contribution in [2.75, 3.05) is 6.61 Å². The molecule has 0 spiro atoms.